The number of β-amino-alcohol motifs (C(OH)–C–C–N with tert-alkyl or cyclic N) is 1. The molecular formula is C11H11BrF3NO. The molecule has 1 N–H and O–H groups in total. The van der Waals surface area contributed by atoms with E-state index in [9.17, 15) is 18.3 Å². The zero-order chi connectivity index (χ0) is 12.6. The van der Waals surface area contributed by atoms with Crippen LogP contribution in [0.4, 0.5) is 18.9 Å². The molecule has 0 spiro atoms. The van der Waals surface area contributed by atoms with Gasteiger partial charge in [-0.15, -0.1) is 0 Å². The van der Waals surface area contributed by atoms with Crippen LogP contribution >= 0.6 is 15.9 Å². The molecule has 1 fully saturated rings. The molecule has 94 valence electrons. The zero-order valence-electron chi connectivity index (χ0n) is 8.84. The highest BCUT2D eigenvalue weighted by Crippen LogP contribution is 2.39. The Morgan fingerprint density at radius 3 is 2.59 bits per heavy atom. The molecule has 2 rings (SSSR count). The normalized spacial score (nSPS) is 21.0. The van der Waals surface area contributed by atoms with Gasteiger partial charge in [0, 0.05) is 23.2 Å². The van der Waals surface area contributed by atoms with Crippen molar-refractivity contribution >= 4 is 21.6 Å². The Labute approximate surface area is 105 Å². The van der Waals surface area contributed by atoms with Crippen LogP contribution in [0, 0.1) is 0 Å². The first kappa shape index (κ1) is 12.7. The van der Waals surface area contributed by atoms with Crippen molar-refractivity contribution in [3.63, 3.8) is 0 Å². The summed E-state index contributed by atoms with van der Waals surface area (Å²) in [6, 6.07) is 4.08. The lowest BCUT2D eigenvalue weighted by atomic mass is 10.1. The van der Waals surface area contributed by atoms with Gasteiger partial charge in [0.1, 0.15) is 0 Å². The van der Waals surface area contributed by atoms with E-state index in [0.29, 0.717) is 17.4 Å². The van der Waals surface area contributed by atoms with Crippen molar-refractivity contribution in [1.82, 2.24) is 0 Å². The minimum atomic E-state index is -4.38. The van der Waals surface area contributed by atoms with Crippen LogP contribution in [0.3, 0.4) is 0 Å². The summed E-state index contributed by atoms with van der Waals surface area (Å²) in [6.07, 6.45) is -4.42. The van der Waals surface area contributed by atoms with Crippen LogP contribution in [-0.4, -0.2) is 24.3 Å². The number of halogens is 4. The van der Waals surface area contributed by atoms with E-state index in [0.717, 1.165) is 6.07 Å². The molecule has 1 heterocycles. The van der Waals surface area contributed by atoms with Crippen LogP contribution in [0.2, 0.25) is 0 Å². The van der Waals surface area contributed by atoms with Crippen molar-refractivity contribution in [1.29, 1.82) is 0 Å². The van der Waals surface area contributed by atoms with Gasteiger partial charge in [0.05, 0.1) is 11.7 Å². The van der Waals surface area contributed by atoms with Gasteiger partial charge >= 0.3 is 6.18 Å². The first-order valence-electron chi connectivity index (χ1n) is 5.17. The molecule has 17 heavy (non-hydrogen) atoms. The first-order valence-corrected chi connectivity index (χ1v) is 5.97. The summed E-state index contributed by atoms with van der Waals surface area (Å²) in [6.45, 7) is 0.705. The van der Waals surface area contributed by atoms with Crippen LogP contribution in [0.15, 0.2) is 22.7 Å². The average Bonchev–Trinajstić information content (AvgIpc) is 2.63. The highest BCUT2D eigenvalue weighted by atomic mass is 79.9. The van der Waals surface area contributed by atoms with Crippen LogP contribution in [0.5, 0.6) is 0 Å². The van der Waals surface area contributed by atoms with Gasteiger partial charge in [0.15, 0.2) is 0 Å². The molecule has 0 aliphatic carbocycles. The molecular weight excluding hydrogens is 299 g/mol. The van der Waals surface area contributed by atoms with Crippen molar-refractivity contribution in [2.75, 3.05) is 18.0 Å². The molecule has 0 bridgehead atoms. The highest BCUT2D eigenvalue weighted by Gasteiger charge is 2.36. The second-order valence-electron chi connectivity index (χ2n) is 4.05. The van der Waals surface area contributed by atoms with E-state index in [1.54, 1.807) is 11.0 Å². The summed E-state index contributed by atoms with van der Waals surface area (Å²) in [5.41, 5.74) is -0.529. The van der Waals surface area contributed by atoms with E-state index in [1.165, 1.54) is 6.07 Å². The molecule has 1 atom stereocenters. The Balaban J connectivity index is 2.39. The molecule has 1 aliphatic rings. The van der Waals surface area contributed by atoms with Crippen molar-refractivity contribution in [2.45, 2.75) is 18.7 Å². The van der Waals surface area contributed by atoms with Gasteiger partial charge in [0.25, 0.3) is 0 Å². The number of aliphatic hydroxyl groups excluding tert-OH is 1. The first-order chi connectivity index (χ1) is 7.88. The van der Waals surface area contributed by atoms with Gasteiger partial charge in [-0.3, -0.25) is 0 Å². The quantitative estimate of drug-likeness (QED) is 0.862. The number of hydrogen-bond acceptors (Lipinski definition) is 2. The van der Waals surface area contributed by atoms with Gasteiger partial charge in [0.2, 0.25) is 0 Å². The van der Waals surface area contributed by atoms with Crippen LogP contribution in [0.25, 0.3) is 0 Å². The van der Waals surface area contributed by atoms with Gasteiger partial charge in [-0.25, -0.2) is 0 Å². The van der Waals surface area contributed by atoms with Gasteiger partial charge in [-0.2, -0.15) is 13.2 Å². The molecule has 0 radical (unpaired) electrons. The SMILES string of the molecule is OC1CCN(c2ccc(Br)cc2C(F)(F)F)C1. The molecule has 1 unspecified atom stereocenters. The van der Waals surface area contributed by atoms with Crippen LogP contribution in [0.1, 0.15) is 12.0 Å². The molecule has 0 saturated carbocycles. The maximum Gasteiger partial charge on any atom is 0.418 e. The van der Waals surface area contributed by atoms with E-state index >= 15 is 0 Å². The van der Waals surface area contributed by atoms with Crippen molar-refractivity contribution in [3.8, 4) is 0 Å². The van der Waals surface area contributed by atoms with Gasteiger partial charge < -0.3 is 10.0 Å². The number of benzene rings is 1. The van der Waals surface area contributed by atoms with Crippen LogP contribution in [-0.2, 0) is 6.18 Å². The Kier molecular flexibility index (Phi) is 3.36. The van der Waals surface area contributed by atoms with Gasteiger partial charge in [-0.05, 0) is 24.6 Å². The standard InChI is InChI=1S/C11H11BrF3NO/c12-7-1-2-10(9(5-7)11(13,14)15)16-4-3-8(17)6-16/h1-2,5,8,17H,3-4,6H2. The van der Waals surface area contributed by atoms with Gasteiger partial charge in [-0.1, -0.05) is 15.9 Å². The predicted octanol–water partition coefficient (Wildman–Crippen LogP) is 3.04. The molecule has 2 nitrogen and oxygen atoms in total. The summed E-state index contributed by atoms with van der Waals surface area (Å²) in [4.78, 5) is 1.57. The number of nitrogens with zero attached hydrogens (tertiary/aromatic N) is 1. The third kappa shape index (κ3) is 2.74. The number of alkyl halides is 3. The molecule has 0 amide bonds. The predicted molar refractivity (Wildman–Crippen MR) is 62.0 cm³/mol. The zero-order valence-corrected chi connectivity index (χ0v) is 10.4. The summed E-state index contributed by atoms with van der Waals surface area (Å²) in [5, 5.41) is 9.38. The fourth-order valence-electron chi connectivity index (χ4n) is 1.97. The summed E-state index contributed by atoms with van der Waals surface area (Å²) in [7, 11) is 0. The van der Waals surface area contributed by atoms with E-state index in [1.807, 2.05) is 0 Å². The summed E-state index contributed by atoms with van der Waals surface area (Å²) >= 11 is 3.04. The van der Waals surface area contributed by atoms with Crippen LogP contribution < -0.4 is 4.90 Å². The monoisotopic (exact) mass is 309 g/mol. The summed E-state index contributed by atoms with van der Waals surface area (Å²) in [5.74, 6) is 0. The second kappa shape index (κ2) is 4.49. The Morgan fingerprint density at radius 1 is 1.35 bits per heavy atom. The lowest BCUT2D eigenvalue weighted by Gasteiger charge is -2.22. The minimum absolute atomic E-state index is 0.136. The van der Waals surface area contributed by atoms with Crippen molar-refractivity contribution < 1.29 is 18.3 Å². The lowest BCUT2D eigenvalue weighted by molar-refractivity contribution is -0.137. The number of anilines is 1. The Bertz CT molecular complexity index is 422. The van der Waals surface area contributed by atoms with E-state index < -0.39 is 17.8 Å². The largest absolute Gasteiger partial charge is 0.418 e. The lowest BCUT2D eigenvalue weighted by Crippen LogP contribution is -2.24. The maximum absolute atomic E-state index is 12.9. The number of hydrogen-bond donors (Lipinski definition) is 1. The Morgan fingerprint density at radius 2 is 2.06 bits per heavy atom. The smallest absolute Gasteiger partial charge is 0.391 e. The third-order valence-corrected chi connectivity index (χ3v) is 3.26. The molecule has 6 heteroatoms. The second-order valence-corrected chi connectivity index (χ2v) is 4.96. The topological polar surface area (TPSA) is 23.5 Å². The minimum Gasteiger partial charge on any atom is -0.391 e. The molecule has 1 aliphatic heterocycles. The molecule has 1 aromatic carbocycles. The van der Waals surface area contributed by atoms with E-state index in [4.69, 9.17) is 0 Å². The number of rotatable bonds is 1. The number of aliphatic hydroxyl groups is 1. The van der Waals surface area contributed by atoms with E-state index in [2.05, 4.69) is 15.9 Å². The molecule has 1 aromatic rings. The summed E-state index contributed by atoms with van der Waals surface area (Å²) < 4.78 is 39.0. The third-order valence-electron chi connectivity index (χ3n) is 2.77. The van der Waals surface area contributed by atoms with Crippen molar-refractivity contribution in [2.24, 2.45) is 0 Å². The van der Waals surface area contributed by atoms with Crippen molar-refractivity contribution in [3.05, 3.63) is 28.2 Å². The fraction of sp³-hybridized carbons (Fsp3) is 0.455. The molecule has 1 saturated heterocycles. The molecule has 0 aromatic heterocycles. The highest BCUT2D eigenvalue weighted by molar-refractivity contribution is 9.10. The average molecular weight is 310 g/mol. The van der Waals surface area contributed by atoms with E-state index in [-0.39, 0.29) is 12.2 Å². The Hall–Kier alpha value is -0.750. The maximum atomic E-state index is 12.9. The fourth-order valence-corrected chi connectivity index (χ4v) is 2.33.